The van der Waals surface area contributed by atoms with E-state index in [4.69, 9.17) is 19.4 Å². The van der Waals surface area contributed by atoms with E-state index in [0.29, 0.717) is 17.5 Å². The van der Waals surface area contributed by atoms with Gasteiger partial charge in [-0.15, -0.1) is 11.3 Å². The molecule has 0 aliphatic heterocycles. The molecule has 3 aromatic heterocycles. The van der Waals surface area contributed by atoms with Crippen LogP contribution >= 0.6 is 11.3 Å². The molecule has 11 aromatic rings. The van der Waals surface area contributed by atoms with Crippen molar-refractivity contribution in [3.05, 3.63) is 188 Å². The molecule has 0 amide bonds. The van der Waals surface area contributed by atoms with E-state index in [2.05, 4.69) is 127 Å². The highest BCUT2D eigenvalue weighted by Gasteiger charge is 2.19. The standard InChI is InChI=1S/C51H31N3OS/c1-4-14-32(15-5-1)39-28-29-40(48-47(39)42-22-10-11-25-45(42)56-48)36-26-27-41-44(31-36)55-43-24-13-23-38(46(41)43)35-20-12-21-37(30-35)51-53-49(33-16-6-2-7-17-33)52-50(54-51)34-18-8-3-9-19-34/h1-31H. The van der Waals surface area contributed by atoms with Crippen molar-refractivity contribution in [1.29, 1.82) is 0 Å². The lowest BCUT2D eigenvalue weighted by molar-refractivity contribution is 0.669. The normalized spacial score (nSPS) is 11.6. The summed E-state index contributed by atoms with van der Waals surface area (Å²) in [5.74, 6) is 1.90. The van der Waals surface area contributed by atoms with Gasteiger partial charge in [-0.05, 0) is 63.7 Å². The Morgan fingerprint density at radius 3 is 1.62 bits per heavy atom. The number of hydrogen-bond donors (Lipinski definition) is 0. The third-order valence-electron chi connectivity index (χ3n) is 10.6. The van der Waals surface area contributed by atoms with Crippen LogP contribution in [0.25, 0.3) is 110 Å². The SMILES string of the molecule is c1ccc(-c2nc(-c3ccccc3)nc(-c3cccc(-c4cccc5oc6cc(-c7ccc(-c8ccccc8)c8c7sc7ccccc78)ccc6c45)c3)n2)cc1. The quantitative estimate of drug-likeness (QED) is 0.171. The smallest absolute Gasteiger partial charge is 0.164 e. The van der Waals surface area contributed by atoms with Crippen LogP contribution in [0.15, 0.2) is 192 Å². The fourth-order valence-electron chi connectivity index (χ4n) is 7.91. The molecule has 5 heteroatoms. The Bertz CT molecular complexity index is 3180. The van der Waals surface area contributed by atoms with Gasteiger partial charge in [0.1, 0.15) is 11.2 Å². The Morgan fingerprint density at radius 1 is 0.339 bits per heavy atom. The van der Waals surface area contributed by atoms with Crippen LogP contribution in [0.3, 0.4) is 0 Å². The van der Waals surface area contributed by atoms with Gasteiger partial charge in [-0.1, -0.05) is 158 Å². The molecule has 0 unspecified atom stereocenters. The van der Waals surface area contributed by atoms with E-state index in [9.17, 15) is 0 Å². The number of fused-ring (bicyclic) bond motifs is 6. The molecule has 0 spiro atoms. The van der Waals surface area contributed by atoms with Crippen LogP contribution in [0.1, 0.15) is 0 Å². The zero-order valence-electron chi connectivity index (χ0n) is 30.1. The van der Waals surface area contributed by atoms with Crippen molar-refractivity contribution in [2.75, 3.05) is 0 Å². The Hall–Kier alpha value is -7.21. The number of hydrogen-bond acceptors (Lipinski definition) is 5. The monoisotopic (exact) mass is 733 g/mol. The molecule has 56 heavy (non-hydrogen) atoms. The van der Waals surface area contributed by atoms with Crippen molar-refractivity contribution < 1.29 is 4.42 Å². The van der Waals surface area contributed by atoms with E-state index in [0.717, 1.165) is 55.3 Å². The average Bonchev–Trinajstić information content (AvgIpc) is 3.86. The van der Waals surface area contributed by atoms with Crippen LogP contribution in [0.2, 0.25) is 0 Å². The van der Waals surface area contributed by atoms with Crippen molar-refractivity contribution in [1.82, 2.24) is 15.0 Å². The lowest BCUT2D eigenvalue weighted by atomic mass is 9.94. The summed E-state index contributed by atoms with van der Waals surface area (Å²) in [6.07, 6.45) is 0. The summed E-state index contributed by atoms with van der Waals surface area (Å²) in [6, 6.07) is 65.6. The van der Waals surface area contributed by atoms with Crippen molar-refractivity contribution in [2.45, 2.75) is 0 Å². The van der Waals surface area contributed by atoms with Crippen molar-refractivity contribution in [3.63, 3.8) is 0 Å². The van der Waals surface area contributed by atoms with Gasteiger partial charge in [0.15, 0.2) is 17.5 Å². The lowest BCUT2D eigenvalue weighted by Gasteiger charge is -2.10. The molecule has 0 aliphatic rings. The predicted molar refractivity (Wildman–Crippen MR) is 233 cm³/mol. The maximum atomic E-state index is 6.66. The first kappa shape index (κ1) is 32.2. The second-order valence-electron chi connectivity index (χ2n) is 13.9. The molecular weight excluding hydrogens is 703 g/mol. The van der Waals surface area contributed by atoms with Gasteiger partial charge in [0.2, 0.25) is 0 Å². The zero-order valence-corrected chi connectivity index (χ0v) is 30.9. The highest BCUT2D eigenvalue weighted by atomic mass is 32.1. The first-order chi connectivity index (χ1) is 27.7. The van der Waals surface area contributed by atoms with E-state index in [1.165, 1.54) is 36.9 Å². The van der Waals surface area contributed by atoms with E-state index < -0.39 is 0 Å². The summed E-state index contributed by atoms with van der Waals surface area (Å²) in [7, 11) is 0. The second kappa shape index (κ2) is 13.3. The minimum absolute atomic E-state index is 0.624. The Kier molecular flexibility index (Phi) is 7.64. The van der Waals surface area contributed by atoms with Gasteiger partial charge in [-0.3, -0.25) is 0 Å². The van der Waals surface area contributed by atoms with Gasteiger partial charge in [-0.25, -0.2) is 15.0 Å². The van der Waals surface area contributed by atoms with Crippen molar-refractivity contribution in [3.8, 4) is 67.5 Å². The van der Waals surface area contributed by atoms with Gasteiger partial charge in [0.25, 0.3) is 0 Å². The summed E-state index contributed by atoms with van der Waals surface area (Å²) in [6.45, 7) is 0. The van der Waals surface area contributed by atoms with Gasteiger partial charge in [0, 0.05) is 47.6 Å². The molecule has 262 valence electrons. The molecule has 0 saturated heterocycles. The summed E-state index contributed by atoms with van der Waals surface area (Å²) in [5.41, 5.74) is 11.5. The van der Waals surface area contributed by atoms with Crippen LogP contribution in [0, 0.1) is 0 Å². The summed E-state index contributed by atoms with van der Waals surface area (Å²) in [5, 5.41) is 4.75. The van der Waals surface area contributed by atoms with E-state index in [1.807, 2.05) is 72.0 Å². The highest BCUT2D eigenvalue weighted by molar-refractivity contribution is 7.26. The molecule has 0 saturated carbocycles. The summed E-state index contributed by atoms with van der Waals surface area (Å²) < 4.78 is 9.22. The van der Waals surface area contributed by atoms with Crippen LogP contribution in [0.4, 0.5) is 0 Å². The maximum absolute atomic E-state index is 6.66. The minimum Gasteiger partial charge on any atom is -0.456 e. The van der Waals surface area contributed by atoms with Crippen molar-refractivity contribution >= 4 is 53.4 Å². The van der Waals surface area contributed by atoms with Crippen LogP contribution in [-0.2, 0) is 0 Å². The fraction of sp³-hybridized carbons (Fsp3) is 0. The van der Waals surface area contributed by atoms with E-state index in [-0.39, 0.29) is 0 Å². The predicted octanol–water partition coefficient (Wildman–Crippen LogP) is 14.1. The Labute approximate surface area is 327 Å². The van der Waals surface area contributed by atoms with Gasteiger partial charge < -0.3 is 4.42 Å². The van der Waals surface area contributed by atoms with Gasteiger partial charge >= 0.3 is 0 Å². The fourth-order valence-corrected chi connectivity index (χ4v) is 9.18. The van der Waals surface area contributed by atoms with Gasteiger partial charge in [-0.2, -0.15) is 0 Å². The molecule has 0 N–H and O–H groups in total. The molecule has 0 radical (unpaired) electrons. The summed E-state index contributed by atoms with van der Waals surface area (Å²) >= 11 is 1.86. The topological polar surface area (TPSA) is 51.8 Å². The van der Waals surface area contributed by atoms with Crippen LogP contribution < -0.4 is 0 Å². The molecular formula is C51H31N3OS. The number of benzene rings is 8. The number of thiophene rings is 1. The largest absolute Gasteiger partial charge is 0.456 e. The number of rotatable bonds is 6. The minimum atomic E-state index is 0.624. The van der Waals surface area contributed by atoms with Gasteiger partial charge in [0.05, 0.1) is 0 Å². The molecule has 3 heterocycles. The molecule has 11 rings (SSSR count). The third kappa shape index (κ3) is 5.48. The first-order valence-corrected chi connectivity index (χ1v) is 19.5. The molecule has 0 bridgehead atoms. The molecule has 0 fully saturated rings. The van der Waals surface area contributed by atoms with E-state index in [1.54, 1.807) is 0 Å². The Morgan fingerprint density at radius 2 is 0.893 bits per heavy atom. The van der Waals surface area contributed by atoms with Crippen LogP contribution in [-0.4, -0.2) is 15.0 Å². The highest BCUT2D eigenvalue weighted by Crippen LogP contribution is 2.46. The number of nitrogens with zero attached hydrogens (tertiary/aromatic N) is 3. The summed E-state index contributed by atoms with van der Waals surface area (Å²) in [4.78, 5) is 14.9. The molecule has 0 atom stereocenters. The third-order valence-corrected chi connectivity index (χ3v) is 11.8. The maximum Gasteiger partial charge on any atom is 0.164 e. The van der Waals surface area contributed by atoms with E-state index >= 15 is 0 Å². The second-order valence-corrected chi connectivity index (χ2v) is 15.0. The number of furan rings is 1. The number of aromatic nitrogens is 3. The molecule has 0 aliphatic carbocycles. The molecule has 8 aromatic carbocycles. The van der Waals surface area contributed by atoms with Crippen molar-refractivity contribution in [2.24, 2.45) is 0 Å². The Balaban J connectivity index is 1.03. The molecule has 4 nitrogen and oxygen atoms in total. The average molecular weight is 734 g/mol. The zero-order chi connectivity index (χ0) is 37.0. The first-order valence-electron chi connectivity index (χ1n) is 18.7. The lowest BCUT2D eigenvalue weighted by Crippen LogP contribution is -2.00. The van der Waals surface area contributed by atoms with Crippen LogP contribution in [0.5, 0.6) is 0 Å².